The van der Waals surface area contributed by atoms with Crippen LogP contribution in [-0.4, -0.2) is 36.5 Å². The zero-order chi connectivity index (χ0) is 13.0. The summed E-state index contributed by atoms with van der Waals surface area (Å²) in [7, 11) is 0. The molecular formula is C13H17NO3S. The molecule has 1 aromatic rings. The van der Waals surface area contributed by atoms with E-state index in [1.807, 2.05) is 5.38 Å². The lowest BCUT2D eigenvalue weighted by molar-refractivity contribution is -0.136. The van der Waals surface area contributed by atoms with Crippen molar-refractivity contribution in [3.05, 3.63) is 22.4 Å². The summed E-state index contributed by atoms with van der Waals surface area (Å²) in [6.07, 6.45) is 2.20. The Labute approximate surface area is 111 Å². The van der Waals surface area contributed by atoms with Crippen LogP contribution >= 0.6 is 11.3 Å². The van der Waals surface area contributed by atoms with E-state index >= 15 is 0 Å². The van der Waals surface area contributed by atoms with Crippen molar-refractivity contribution in [3.63, 3.8) is 0 Å². The first-order valence-corrected chi connectivity index (χ1v) is 7.03. The van der Waals surface area contributed by atoms with Gasteiger partial charge in [-0.3, -0.25) is 4.79 Å². The van der Waals surface area contributed by atoms with Gasteiger partial charge >= 0.3 is 5.97 Å². The Bertz CT molecular complexity index is 416. The lowest BCUT2D eigenvalue weighted by Crippen LogP contribution is -2.41. The van der Waals surface area contributed by atoms with E-state index in [0.717, 1.165) is 19.5 Å². The number of ether oxygens (including phenoxy) is 1. The molecular weight excluding hydrogens is 250 g/mol. The first kappa shape index (κ1) is 13.1. The van der Waals surface area contributed by atoms with Gasteiger partial charge in [0.2, 0.25) is 0 Å². The molecule has 1 fully saturated rings. The third-order valence-corrected chi connectivity index (χ3v) is 3.91. The molecule has 0 N–H and O–H groups in total. The minimum absolute atomic E-state index is 0.0912. The van der Waals surface area contributed by atoms with Crippen LogP contribution in [0.3, 0.4) is 0 Å². The van der Waals surface area contributed by atoms with Gasteiger partial charge < -0.3 is 9.64 Å². The molecule has 18 heavy (non-hydrogen) atoms. The topological polar surface area (TPSA) is 46.6 Å². The van der Waals surface area contributed by atoms with E-state index in [9.17, 15) is 9.59 Å². The summed E-state index contributed by atoms with van der Waals surface area (Å²) in [5, 5.41) is 1.81. The molecule has 0 aliphatic carbocycles. The molecule has 1 aliphatic heterocycles. The van der Waals surface area contributed by atoms with Crippen LogP contribution in [0.25, 0.3) is 0 Å². The van der Waals surface area contributed by atoms with Crippen molar-refractivity contribution in [2.24, 2.45) is 5.92 Å². The van der Waals surface area contributed by atoms with E-state index < -0.39 is 5.97 Å². The third-order valence-electron chi connectivity index (χ3n) is 3.06. The highest BCUT2D eigenvalue weighted by Gasteiger charge is 2.22. The average molecular weight is 267 g/mol. The molecule has 1 atom stereocenters. The maximum atomic E-state index is 11.9. The maximum absolute atomic E-state index is 11.9. The lowest BCUT2D eigenvalue weighted by atomic mass is 10.0. The van der Waals surface area contributed by atoms with E-state index in [2.05, 4.69) is 6.92 Å². The predicted octanol–water partition coefficient (Wildman–Crippen LogP) is 2.16. The van der Waals surface area contributed by atoms with Crippen LogP contribution in [0, 0.1) is 5.92 Å². The Kier molecular flexibility index (Phi) is 4.36. The Morgan fingerprint density at radius 2 is 2.39 bits per heavy atom. The quantitative estimate of drug-likeness (QED) is 0.788. The summed E-state index contributed by atoms with van der Waals surface area (Å²) in [5.41, 5.74) is 0. The molecule has 0 aromatic carbocycles. The average Bonchev–Trinajstić information content (AvgIpc) is 2.89. The highest BCUT2D eigenvalue weighted by atomic mass is 32.1. The monoisotopic (exact) mass is 267 g/mol. The van der Waals surface area contributed by atoms with Gasteiger partial charge in [-0.05, 0) is 30.2 Å². The summed E-state index contributed by atoms with van der Waals surface area (Å²) in [6.45, 7) is 3.54. The molecule has 0 unspecified atom stereocenters. The number of thiophene rings is 1. The Balaban J connectivity index is 1.79. The molecule has 4 nitrogen and oxygen atoms in total. The number of carbonyl (C=O) groups excluding carboxylic acids is 2. The number of piperidine rings is 1. The molecule has 2 rings (SSSR count). The second-order valence-electron chi connectivity index (χ2n) is 4.64. The third kappa shape index (κ3) is 3.32. The number of amides is 1. The van der Waals surface area contributed by atoms with Crippen LogP contribution in [0.5, 0.6) is 0 Å². The SMILES string of the molecule is C[C@@H]1CCCN(C(=O)COC(=O)c2cccs2)C1. The minimum Gasteiger partial charge on any atom is -0.451 e. The van der Waals surface area contributed by atoms with E-state index in [-0.39, 0.29) is 12.5 Å². The fourth-order valence-electron chi connectivity index (χ4n) is 2.10. The molecule has 0 saturated carbocycles. The Morgan fingerprint density at radius 1 is 1.56 bits per heavy atom. The van der Waals surface area contributed by atoms with Gasteiger partial charge in [-0.25, -0.2) is 4.79 Å². The molecule has 98 valence electrons. The lowest BCUT2D eigenvalue weighted by Gasteiger charge is -2.30. The van der Waals surface area contributed by atoms with Crippen molar-refractivity contribution >= 4 is 23.2 Å². The van der Waals surface area contributed by atoms with Gasteiger partial charge in [0.1, 0.15) is 4.88 Å². The van der Waals surface area contributed by atoms with Gasteiger partial charge in [0, 0.05) is 13.1 Å². The molecule has 0 radical (unpaired) electrons. The molecule has 5 heteroatoms. The van der Waals surface area contributed by atoms with E-state index in [1.54, 1.807) is 17.0 Å². The van der Waals surface area contributed by atoms with Crippen LogP contribution in [-0.2, 0) is 9.53 Å². The molecule has 1 saturated heterocycles. The number of nitrogens with zero attached hydrogens (tertiary/aromatic N) is 1. The number of hydrogen-bond acceptors (Lipinski definition) is 4. The minimum atomic E-state index is -0.414. The van der Waals surface area contributed by atoms with Gasteiger partial charge in [-0.15, -0.1) is 11.3 Å². The van der Waals surface area contributed by atoms with Crippen molar-refractivity contribution in [2.45, 2.75) is 19.8 Å². The fraction of sp³-hybridized carbons (Fsp3) is 0.538. The van der Waals surface area contributed by atoms with Crippen LogP contribution in [0.15, 0.2) is 17.5 Å². The van der Waals surface area contributed by atoms with Gasteiger partial charge in [-0.1, -0.05) is 13.0 Å². The van der Waals surface area contributed by atoms with Crippen molar-refractivity contribution < 1.29 is 14.3 Å². The van der Waals surface area contributed by atoms with E-state index in [1.165, 1.54) is 17.8 Å². The van der Waals surface area contributed by atoms with Crippen molar-refractivity contribution in [2.75, 3.05) is 19.7 Å². The standard InChI is InChI=1S/C13H17NO3S/c1-10-4-2-6-14(8-10)12(15)9-17-13(16)11-5-3-7-18-11/h3,5,7,10H,2,4,6,8-9H2,1H3/t10-/m1/s1. The van der Waals surface area contributed by atoms with Crippen LogP contribution in [0.2, 0.25) is 0 Å². The second kappa shape index (κ2) is 6.00. The van der Waals surface area contributed by atoms with E-state index in [0.29, 0.717) is 10.8 Å². The van der Waals surface area contributed by atoms with Crippen LogP contribution < -0.4 is 0 Å². The number of hydrogen-bond donors (Lipinski definition) is 0. The number of esters is 1. The highest BCUT2D eigenvalue weighted by molar-refractivity contribution is 7.11. The van der Waals surface area contributed by atoms with Gasteiger partial charge in [0.25, 0.3) is 5.91 Å². The van der Waals surface area contributed by atoms with Crippen LogP contribution in [0.1, 0.15) is 29.4 Å². The fourth-order valence-corrected chi connectivity index (χ4v) is 2.72. The molecule has 1 aliphatic rings. The molecule has 0 bridgehead atoms. The molecule has 1 amide bonds. The first-order valence-electron chi connectivity index (χ1n) is 6.15. The largest absolute Gasteiger partial charge is 0.451 e. The maximum Gasteiger partial charge on any atom is 0.348 e. The highest BCUT2D eigenvalue weighted by Crippen LogP contribution is 2.16. The summed E-state index contributed by atoms with van der Waals surface area (Å²) in [5.74, 6) is 0.0329. The Morgan fingerprint density at radius 3 is 3.06 bits per heavy atom. The van der Waals surface area contributed by atoms with Crippen molar-refractivity contribution in [3.8, 4) is 0 Å². The zero-order valence-electron chi connectivity index (χ0n) is 10.4. The van der Waals surface area contributed by atoms with Gasteiger partial charge in [0.05, 0.1) is 0 Å². The Hall–Kier alpha value is -1.36. The van der Waals surface area contributed by atoms with Gasteiger partial charge in [0.15, 0.2) is 6.61 Å². The number of rotatable bonds is 3. The molecule has 1 aromatic heterocycles. The summed E-state index contributed by atoms with van der Waals surface area (Å²) < 4.78 is 5.02. The number of carbonyl (C=O) groups is 2. The van der Waals surface area contributed by atoms with Crippen molar-refractivity contribution in [1.29, 1.82) is 0 Å². The predicted molar refractivity (Wildman–Crippen MR) is 69.6 cm³/mol. The summed E-state index contributed by atoms with van der Waals surface area (Å²) >= 11 is 1.32. The zero-order valence-corrected chi connectivity index (χ0v) is 11.2. The molecule has 2 heterocycles. The van der Waals surface area contributed by atoms with Crippen molar-refractivity contribution in [1.82, 2.24) is 4.90 Å². The molecule has 0 spiro atoms. The second-order valence-corrected chi connectivity index (χ2v) is 5.59. The summed E-state index contributed by atoms with van der Waals surface area (Å²) in [4.78, 5) is 25.8. The van der Waals surface area contributed by atoms with Gasteiger partial charge in [-0.2, -0.15) is 0 Å². The first-order chi connectivity index (χ1) is 8.66. The van der Waals surface area contributed by atoms with E-state index in [4.69, 9.17) is 4.74 Å². The smallest absolute Gasteiger partial charge is 0.348 e. The summed E-state index contributed by atoms with van der Waals surface area (Å²) in [6, 6.07) is 3.48. The normalized spacial score (nSPS) is 19.6. The number of likely N-dealkylation sites (tertiary alicyclic amines) is 1. The van der Waals surface area contributed by atoms with Crippen LogP contribution in [0.4, 0.5) is 0 Å².